The SMILES string of the molecule is COCCN1CC[C@]2(CN(C(=O)c3cccs3)C[C@H]2C)C1=O. The summed E-state index contributed by atoms with van der Waals surface area (Å²) >= 11 is 1.46. The number of thiophene rings is 1. The normalized spacial score (nSPS) is 28.1. The molecule has 3 heterocycles. The van der Waals surface area contributed by atoms with E-state index in [2.05, 4.69) is 6.92 Å². The molecule has 120 valence electrons. The van der Waals surface area contributed by atoms with E-state index in [0.29, 0.717) is 26.2 Å². The van der Waals surface area contributed by atoms with Crippen molar-refractivity contribution in [2.24, 2.45) is 11.3 Å². The standard InChI is InChI=1S/C16H22N2O3S/c1-12-10-18(14(19)13-4-3-9-22-13)11-16(12)5-6-17(15(16)20)7-8-21-2/h3-4,9,12H,5-8,10-11H2,1-2H3/t12-,16-/m1/s1. The zero-order chi connectivity index (χ0) is 15.7. The van der Waals surface area contributed by atoms with Crippen molar-refractivity contribution >= 4 is 23.2 Å². The fourth-order valence-electron chi connectivity index (χ4n) is 3.65. The Hall–Kier alpha value is -1.40. The second-order valence-electron chi connectivity index (χ2n) is 6.26. The van der Waals surface area contributed by atoms with E-state index < -0.39 is 0 Å². The maximum absolute atomic E-state index is 12.8. The van der Waals surface area contributed by atoms with Crippen molar-refractivity contribution in [2.45, 2.75) is 13.3 Å². The number of nitrogens with zero attached hydrogens (tertiary/aromatic N) is 2. The van der Waals surface area contributed by atoms with Gasteiger partial charge in [0, 0.05) is 33.3 Å². The van der Waals surface area contributed by atoms with E-state index in [4.69, 9.17) is 4.74 Å². The molecule has 0 aromatic carbocycles. The summed E-state index contributed by atoms with van der Waals surface area (Å²) in [6.07, 6.45) is 0.838. The Labute approximate surface area is 134 Å². The molecule has 2 atom stereocenters. The first-order valence-corrected chi connectivity index (χ1v) is 8.57. The molecule has 2 aliphatic heterocycles. The van der Waals surface area contributed by atoms with Crippen molar-refractivity contribution in [3.63, 3.8) is 0 Å². The third-order valence-electron chi connectivity index (χ3n) is 5.04. The van der Waals surface area contributed by atoms with Gasteiger partial charge in [-0.1, -0.05) is 13.0 Å². The van der Waals surface area contributed by atoms with Crippen LogP contribution in [-0.2, 0) is 9.53 Å². The molecule has 2 amide bonds. The Morgan fingerprint density at radius 2 is 2.36 bits per heavy atom. The van der Waals surface area contributed by atoms with Gasteiger partial charge in [-0.25, -0.2) is 0 Å². The number of hydrogen-bond acceptors (Lipinski definition) is 4. The Balaban J connectivity index is 1.73. The number of rotatable bonds is 4. The van der Waals surface area contributed by atoms with Gasteiger partial charge in [0.2, 0.25) is 5.91 Å². The van der Waals surface area contributed by atoms with Crippen molar-refractivity contribution in [2.75, 3.05) is 39.9 Å². The van der Waals surface area contributed by atoms with E-state index in [0.717, 1.165) is 17.8 Å². The van der Waals surface area contributed by atoms with Gasteiger partial charge in [0.25, 0.3) is 5.91 Å². The number of likely N-dealkylation sites (tertiary alicyclic amines) is 2. The Bertz CT molecular complexity index is 560. The fourth-order valence-corrected chi connectivity index (χ4v) is 4.34. The minimum Gasteiger partial charge on any atom is -0.383 e. The van der Waals surface area contributed by atoms with E-state index in [-0.39, 0.29) is 23.1 Å². The number of amides is 2. The first-order chi connectivity index (χ1) is 10.6. The molecule has 3 rings (SSSR count). The third-order valence-corrected chi connectivity index (χ3v) is 5.89. The zero-order valence-electron chi connectivity index (χ0n) is 13.1. The van der Waals surface area contributed by atoms with Crippen LogP contribution in [0.2, 0.25) is 0 Å². The largest absolute Gasteiger partial charge is 0.383 e. The van der Waals surface area contributed by atoms with E-state index in [1.54, 1.807) is 7.11 Å². The van der Waals surface area contributed by atoms with E-state index in [1.165, 1.54) is 11.3 Å². The van der Waals surface area contributed by atoms with Crippen LogP contribution in [0.25, 0.3) is 0 Å². The van der Waals surface area contributed by atoms with E-state index >= 15 is 0 Å². The van der Waals surface area contributed by atoms with Crippen molar-refractivity contribution in [1.29, 1.82) is 0 Å². The van der Waals surface area contributed by atoms with E-state index in [9.17, 15) is 9.59 Å². The van der Waals surface area contributed by atoms with Crippen molar-refractivity contribution < 1.29 is 14.3 Å². The monoisotopic (exact) mass is 322 g/mol. The fraction of sp³-hybridized carbons (Fsp3) is 0.625. The molecule has 2 aliphatic rings. The number of carbonyl (C=O) groups excluding carboxylic acids is 2. The van der Waals surface area contributed by atoms with Crippen LogP contribution in [-0.4, -0.2) is 61.5 Å². The Morgan fingerprint density at radius 3 is 3.05 bits per heavy atom. The zero-order valence-corrected chi connectivity index (χ0v) is 13.9. The van der Waals surface area contributed by atoms with Gasteiger partial charge < -0.3 is 14.5 Å². The average molecular weight is 322 g/mol. The van der Waals surface area contributed by atoms with E-state index in [1.807, 2.05) is 27.3 Å². The summed E-state index contributed by atoms with van der Waals surface area (Å²) in [6, 6.07) is 3.74. The van der Waals surface area contributed by atoms with Gasteiger partial charge in [-0.2, -0.15) is 0 Å². The number of hydrogen-bond donors (Lipinski definition) is 0. The van der Waals surface area contributed by atoms with Crippen molar-refractivity contribution in [1.82, 2.24) is 9.80 Å². The molecule has 22 heavy (non-hydrogen) atoms. The summed E-state index contributed by atoms with van der Waals surface area (Å²) in [4.78, 5) is 29.9. The van der Waals surface area contributed by atoms with Gasteiger partial charge in [0.15, 0.2) is 0 Å². The molecule has 0 radical (unpaired) electrons. The molecular weight excluding hydrogens is 300 g/mol. The Morgan fingerprint density at radius 1 is 1.55 bits per heavy atom. The number of ether oxygens (including phenoxy) is 1. The van der Waals surface area contributed by atoms with Gasteiger partial charge in [0.05, 0.1) is 16.9 Å². The van der Waals surface area contributed by atoms with Gasteiger partial charge in [-0.15, -0.1) is 11.3 Å². The summed E-state index contributed by atoms with van der Waals surface area (Å²) in [5.74, 6) is 0.455. The van der Waals surface area contributed by atoms with Crippen LogP contribution in [0.1, 0.15) is 23.0 Å². The minimum atomic E-state index is -0.388. The van der Waals surface area contributed by atoms with Gasteiger partial charge in [-0.3, -0.25) is 9.59 Å². The highest BCUT2D eigenvalue weighted by atomic mass is 32.1. The lowest BCUT2D eigenvalue weighted by atomic mass is 9.78. The molecule has 1 aromatic heterocycles. The Kier molecular flexibility index (Phi) is 4.23. The molecule has 0 aliphatic carbocycles. The molecule has 2 saturated heterocycles. The van der Waals surface area contributed by atoms with Gasteiger partial charge in [0.1, 0.15) is 0 Å². The highest BCUT2D eigenvalue weighted by molar-refractivity contribution is 7.12. The summed E-state index contributed by atoms with van der Waals surface area (Å²) in [6.45, 7) is 5.29. The highest BCUT2D eigenvalue weighted by Gasteiger charge is 2.55. The summed E-state index contributed by atoms with van der Waals surface area (Å²) in [7, 11) is 1.65. The smallest absolute Gasteiger partial charge is 0.263 e. The number of carbonyl (C=O) groups is 2. The van der Waals surface area contributed by atoms with Crippen molar-refractivity contribution in [3.05, 3.63) is 22.4 Å². The molecule has 1 aromatic rings. The molecule has 0 unspecified atom stereocenters. The predicted octanol–water partition coefficient (Wildman–Crippen LogP) is 1.71. The lowest BCUT2D eigenvalue weighted by Gasteiger charge is -2.26. The molecule has 2 fully saturated rings. The first-order valence-electron chi connectivity index (χ1n) is 7.69. The van der Waals surface area contributed by atoms with Crippen LogP contribution in [0, 0.1) is 11.3 Å². The van der Waals surface area contributed by atoms with Crippen LogP contribution >= 0.6 is 11.3 Å². The second-order valence-corrected chi connectivity index (χ2v) is 7.20. The second kappa shape index (κ2) is 6.01. The van der Waals surface area contributed by atoms with Crippen LogP contribution in [0.4, 0.5) is 0 Å². The molecule has 1 spiro atoms. The maximum Gasteiger partial charge on any atom is 0.263 e. The van der Waals surface area contributed by atoms with Gasteiger partial charge in [-0.05, 0) is 23.8 Å². The molecular formula is C16H22N2O3S. The summed E-state index contributed by atoms with van der Waals surface area (Å²) in [5.41, 5.74) is -0.388. The average Bonchev–Trinajstić information content (AvgIpc) is 3.21. The van der Waals surface area contributed by atoms with Crippen molar-refractivity contribution in [3.8, 4) is 0 Å². The molecule has 0 bridgehead atoms. The molecule has 0 saturated carbocycles. The quantitative estimate of drug-likeness (QED) is 0.848. The first kappa shape index (κ1) is 15.5. The van der Waals surface area contributed by atoms with Crippen LogP contribution in [0.3, 0.4) is 0 Å². The maximum atomic E-state index is 12.8. The number of methoxy groups -OCH3 is 1. The summed E-state index contributed by atoms with van der Waals surface area (Å²) < 4.78 is 5.08. The van der Waals surface area contributed by atoms with Crippen LogP contribution < -0.4 is 0 Å². The lowest BCUT2D eigenvalue weighted by Crippen LogP contribution is -2.41. The van der Waals surface area contributed by atoms with Crippen LogP contribution in [0.5, 0.6) is 0 Å². The minimum absolute atomic E-state index is 0.0573. The lowest BCUT2D eigenvalue weighted by molar-refractivity contribution is -0.137. The predicted molar refractivity (Wildman–Crippen MR) is 84.9 cm³/mol. The molecule has 5 nitrogen and oxygen atoms in total. The third kappa shape index (κ3) is 2.44. The highest BCUT2D eigenvalue weighted by Crippen LogP contribution is 2.45. The molecule has 0 N–H and O–H groups in total. The topological polar surface area (TPSA) is 49.9 Å². The van der Waals surface area contributed by atoms with Gasteiger partial charge >= 0.3 is 0 Å². The molecule has 6 heteroatoms. The van der Waals surface area contributed by atoms with Crippen LogP contribution in [0.15, 0.2) is 17.5 Å². The summed E-state index contributed by atoms with van der Waals surface area (Å²) in [5, 5.41) is 1.91.